The molecular weight excluding hydrogens is 75.5 g/mol. The summed E-state index contributed by atoms with van der Waals surface area (Å²) in [5, 5.41) is 0. The molecule has 0 aliphatic carbocycles. The van der Waals surface area contributed by atoms with Gasteiger partial charge in [-0.2, -0.15) is 0 Å². The highest BCUT2D eigenvalue weighted by Gasteiger charge is 1.59. The van der Waals surface area contributed by atoms with E-state index in [1.807, 2.05) is 0 Å². The molecule has 2 heteroatoms. The normalized spacial score (nSPS) is 6.25. The van der Waals surface area contributed by atoms with E-state index < -0.39 is 0 Å². The first-order chi connectivity index (χ1) is 1.91. The number of aldehydes is 1. The lowest BCUT2D eigenvalue weighted by atomic mass is 10.9. The lowest BCUT2D eigenvalue weighted by molar-refractivity contribution is -0.104. The molecule has 0 N–H and O–H groups in total. The third-order valence-electron chi connectivity index (χ3n) is 0.0445. The van der Waals surface area contributed by atoms with E-state index in [9.17, 15) is 0 Å². The Morgan fingerprint density at radius 2 is 2.25 bits per heavy atom. The third kappa shape index (κ3) is 1.96. The zero-order valence-electron chi connectivity index (χ0n) is 1.86. The van der Waals surface area contributed by atoms with Gasteiger partial charge in [0, 0.05) is 0 Å². The second-order valence-electron chi connectivity index (χ2n) is 0.227. The van der Waals surface area contributed by atoms with Crippen molar-refractivity contribution in [3.63, 3.8) is 0 Å². The van der Waals surface area contributed by atoms with Crippen molar-refractivity contribution in [1.82, 2.24) is 0 Å². The van der Waals surface area contributed by atoms with Gasteiger partial charge < -0.3 is 4.79 Å². The molecule has 0 unspecified atom stereocenters. The van der Waals surface area contributed by atoms with Crippen LogP contribution in [0.25, 0.3) is 0 Å². The van der Waals surface area contributed by atoms with Gasteiger partial charge in [-0.1, -0.05) is 0 Å². The average Bonchev–Trinajstić information content (AvgIpc) is 1.37. The minimum atomic E-state index is 0.390. The lowest BCUT2D eigenvalue weighted by Crippen LogP contribution is -1.52. The van der Waals surface area contributed by atoms with Crippen LogP contribution in [0, 0.1) is 5.88 Å². The second kappa shape index (κ2) is 2.96. The number of hydrogen-bond donors (Lipinski definition) is 0. The quantitative estimate of drug-likeness (QED) is 0.415. The topological polar surface area (TPSA) is 17.1 Å². The van der Waals surface area contributed by atoms with E-state index in [0.717, 1.165) is 0 Å². The van der Waals surface area contributed by atoms with Gasteiger partial charge in [0.25, 0.3) is 0 Å². The molecule has 0 saturated carbocycles. The second-order valence-corrected chi connectivity index (χ2v) is 0.445. The molecule has 0 aliphatic heterocycles. The first-order valence-electron chi connectivity index (χ1n) is 0.713. The Bertz CT molecular complexity index is 20.0. The van der Waals surface area contributed by atoms with Gasteiger partial charge in [-0.15, -0.1) is 11.6 Å². The number of hydrogen-bond acceptors (Lipinski definition) is 1. The Morgan fingerprint density at radius 1 is 2.00 bits per heavy atom. The molecule has 0 fully saturated rings. The summed E-state index contributed by atoms with van der Waals surface area (Å²) in [6, 6.07) is 0. The molecule has 0 heterocycles. The summed E-state index contributed by atoms with van der Waals surface area (Å²) in [7, 11) is 0. The zero-order chi connectivity index (χ0) is 3.41. The molecule has 0 aromatic rings. The van der Waals surface area contributed by atoms with Crippen molar-refractivity contribution in [1.29, 1.82) is 0 Å². The maximum absolute atomic E-state index is 8.93. The van der Waals surface area contributed by atoms with Crippen molar-refractivity contribution in [2.24, 2.45) is 0 Å². The highest BCUT2D eigenvalue weighted by atomic mass is 35.5. The van der Waals surface area contributed by atoms with Gasteiger partial charge in [0.1, 0.15) is 6.29 Å². The molecule has 0 spiro atoms. The molecule has 0 aliphatic rings. The van der Waals surface area contributed by atoms with Crippen molar-refractivity contribution >= 4 is 17.9 Å². The van der Waals surface area contributed by atoms with Gasteiger partial charge in [-0.05, 0) is 0 Å². The predicted octanol–water partition coefficient (Wildman–Crippen LogP) is 0.463. The number of halogens is 1. The zero-order valence-corrected chi connectivity index (χ0v) is 2.62. The Hall–Kier alpha value is -0.0400. The van der Waals surface area contributed by atoms with Crippen LogP contribution >= 0.6 is 11.6 Å². The molecule has 0 atom stereocenters. The maximum atomic E-state index is 8.93. The van der Waals surface area contributed by atoms with Crippen LogP contribution in [0.3, 0.4) is 0 Å². The summed E-state index contributed by atoms with van der Waals surface area (Å²) in [6.07, 6.45) is 0.390. The number of carbonyl (C=O) groups excluding carboxylic acids is 1. The van der Waals surface area contributed by atoms with E-state index in [1.54, 1.807) is 5.88 Å². The molecule has 0 aromatic carbocycles. The fourth-order valence-electron chi connectivity index (χ4n) is 0. The van der Waals surface area contributed by atoms with Gasteiger partial charge in [0.2, 0.25) is 0 Å². The largest absolute Gasteiger partial charge is 0.301 e. The fraction of sp³-hybridized carbons (Fsp3) is 0. The summed E-state index contributed by atoms with van der Waals surface area (Å²) < 4.78 is 0. The molecule has 0 bridgehead atoms. The smallest absolute Gasteiger partial charge is 0.156 e. The van der Waals surface area contributed by atoms with Gasteiger partial charge in [-0.25, -0.2) is 0 Å². The van der Waals surface area contributed by atoms with Gasteiger partial charge in [0.15, 0.2) is 5.88 Å². The standard InChI is InChI=1S/C2HClO/c3-1-2-4/h2H. The number of carbonyl (C=O) groups is 1. The first-order valence-corrected chi connectivity index (χ1v) is 1.09. The fourth-order valence-corrected chi connectivity index (χ4v) is 0. The van der Waals surface area contributed by atoms with Crippen molar-refractivity contribution < 1.29 is 4.79 Å². The van der Waals surface area contributed by atoms with E-state index in [1.165, 1.54) is 0 Å². The summed E-state index contributed by atoms with van der Waals surface area (Å²) in [5.41, 5.74) is 0. The highest BCUT2D eigenvalue weighted by molar-refractivity contribution is 6.30. The van der Waals surface area contributed by atoms with E-state index in [2.05, 4.69) is 11.6 Å². The predicted molar refractivity (Wildman–Crippen MR) is 15.2 cm³/mol. The van der Waals surface area contributed by atoms with E-state index in [4.69, 9.17) is 4.79 Å². The van der Waals surface area contributed by atoms with Crippen molar-refractivity contribution in [3.8, 4) is 0 Å². The molecule has 22 valence electrons. The number of rotatable bonds is 1. The molecular formula is C2HClO. The minimum absolute atomic E-state index is 0.390. The highest BCUT2D eigenvalue weighted by Crippen LogP contribution is 1.68. The molecule has 0 aromatic heterocycles. The summed E-state index contributed by atoms with van der Waals surface area (Å²) in [6.45, 7) is 0. The minimum Gasteiger partial charge on any atom is -0.301 e. The van der Waals surface area contributed by atoms with Crippen LogP contribution in [0.5, 0.6) is 0 Å². The van der Waals surface area contributed by atoms with Crippen LogP contribution in [-0.4, -0.2) is 6.29 Å². The van der Waals surface area contributed by atoms with Crippen LogP contribution in [0.2, 0.25) is 0 Å². The van der Waals surface area contributed by atoms with Crippen LogP contribution < -0.4 is 0 Å². The molecule has 0 saturated heterocycles. The molecule has 2 radical (unpaired) electrons. The van der Waals surface area contributed by atoms with Crippen molar-refractivity contribution in [3.05, 3.63) is 5.88 Å². The third-order valence-corrected chi connectivity index (χ3v) is 0.134. The summed E-state index contributed by atoms with van der Waals surface area (Å²) in [4.78, 5) is 8.93. The lowest BCUT2D eigenvalue weighted by Gasteiger charge is -1.45. The van der Waals surface area contributed by atoms with E-state index >= 15 is 0 Å². The molecule has 4 heavy (non-hydrogen) atoms. The Balaban J connectivity index is 2.30. The molecule has 0 rings (SSSR count). The van der Waals surface area contributed by atoms with Gasteiger partial charge in [0.05, 0.1) is 0 Å². The molecule has 1 nitrogen and oxygen atoms in total. The monoisotopic (exact) mass is 76.0 g/mol. The van der Waals surface area contributed by atoms with Crippen LogP contribution in [0.4, 0.5) is 0 Å². The SMILES string of the molecule is O=C[C]Cl. The maximum Gasteiger partial charge on any atom is 0.156 e. The van der Waals surface area contributed by atoms with Crippen LogP contribution in [-0.2, 0) is 4.79 Å². The first kappa shape index (κ1) is 3.96. The Labute approximate surface area is 29.6 Å². The molecule has 0 amide bonds. The Kier molecular flexibility index (Phi) is 2.93. The van der Waals surface area contributed by atoms with Crippen molar-refractivity contribution in [2.75, 3.05) is 0 Å². The van der Waals surface area contributed by atoms with E-state index in [-0.39, 0.29) is 0 Å². The van der Waals surface area contributed by atoms with E-state index in [0.29, 0.717) is 6.29 Å². The summed E-state index contributed by atoms with van der Waals surface area (Å²) >= 11 is 4.57. The van der Waals surface area contributed by atoms with Crippen LogP contribution in [0.15, 0.2) is 0 Å². The summed E-state index contributed by atoms with van der Waals surface area (Å²) in [5.74, 6) is 1.72. The van der Waals surface area contributed by atoms with Gasteiger partial charge in [-0.3, -0.25) is 0 Å². The average molecular weight is 76.5 g/mol. The van der Waals surface area contributed by atoms with Crippen LogP contribution in [0.1, 0.15) is 0 Å². The Morgan fingerprint density at radius 3 is 2.25 bits per heavy atom. The van der Waals surface area contributed by atoms with Crippen molar-refractivity contribution in [2.45, 2.75) is 0 Å². The van der Waals surface area contributed by atoms with Gasteiger partial charge >= 0.3 is 0 Å².